The van der Waals surface area contributed by atoms with Crippen LogP contribution in [-0.2, 0) is 14.6 Å². The number of nitrogens with two attached hydrogens (primary N) is 1. The van der Waals surface area contributed by atoms with E-state index in [2.05, 4.69) is 5.32 Å². The number of amides is 1. The maximum atomic E-state index is 11.9. The van der Waals surface area contributed by atoms with Crippen molar-refractivity contribution in [1.82, 2.24) is 10.2 Å². The van der Waals surface area contributed by atoms with Gasteiger partial charge in [-0.3, -0.25) is 9.69 Å². The Morgan fingerprint density at radius 3 is 2.50 bits per heavy atom. The van der Waals surface area contributed by atoms with Crippen molar-refractivity contribution >= 4 is 27.3 Å². The number of likely N-dealkylation sites (N-methyl/N-ethyl adjacent to an activating group) is 1. The standard InChI is InChI=1S/C12H24ClN3O3S/c1-12(2,7-14)8-16(3)4-11(17)15-10-6-20(18,19)5-9(10)13/h9-10H,4-8,14H2,1-3H3,(H,15,17). The summed E-state index contributed by atoms with van der Waals surface area (Å²) in [6, 6.07) is -0.495. The predicted molar refractivity (Wildman–Crippen MR) is 80.6 cm³/mol. The lowest BCUT2D eigenvalue weighted by Crippen LogP contribution is -2.46. The molecule has 118 valence electrons. The molecule has 6 nitrogen and oxygen atoms in total. The molecule has 20 heavy (non-hydrogen) atoms. The van der Waals surface area contributed by atoms with Gasteiger partial charge in [0.15, 0.2) is 9.84 Å². The van der Waals surface area contributed by atoms with Gasteiger partial charge in [-0.15, -0.1) is 11.6 Å². The van der Waals surface area contributed by atoms with E-state index in [0.717, 1.165) is 0 Å². The number of alkyl halides is 1. The van der Waals surface area contributed by atoms with Gasteiger partial charge in [0.2, 0.25) is 5.91 Å². The van der Waals surface area contributed by atoms with Gasteiger partial charge < -0.3 is 11.1 Å². The molecule has 2 unspecified atom stereocenters. The average Bonchev–Trinajstić information content (AvgIpc) is 2.50. The number of hydrogen-bond acceptors (Lipinski definition) is 5. The fraction of sp³-hybridized carbons (Fsp3) is 0.917. The molecule has 1 fully saturated rings. The van der Waals surface area contributed by atoms with Crippen LogP contribution >= 0.6 is 11.6 Å². The fourth-order valence-electron chi connectivity index (χ4n) is 2.29. The molecule has 1 amide bonds. The van der Waals surface area contributed by atoms with Crippen LogP contribution in [0, 0.1) is 5.41 Å². The van der Waals surface area contributed by atoms with Gasteiger partial charge in [0.1, 0.15) is 0 Å². The smallest absolute Gasteiger partial charge is 0.234 e. The lowest BCUT2D eigenvalue weighted by Gasteiger charge is -2.29. The molecule has 0 saturated carbocycles. The van der Waals surface area contributed by atoms with Crippen LogP contribution in [0.15, 0.2) is 0 Å². The van der Waals surface area contributed by atoms with Crippen molar-refractivity contribution in [2.45, 2.75) is 25.3 Å². The van der Waals surface area contributed by atoms with Crippen LogP contribution in [0.25, 0.3) is 0 Å². The van der Waals surface area contributed by atoms with Crippen molar-refractivity contribution in [3.63, 3.8) is 0 Å². The number of nitrogens with zero attached hydrogens (tertiary/aromatic N) is 1. The van der Waals surface area contributed by atoms with Crippen molar-refractivity contribution in [1.29, 1.82) is 0 Å². The van der Waals surface area contributed by atoms with Gasteiger partial charge in [-0.2, -0.15) is 0 Å². The van der Waals surface area contributed by atoms with Gasteiger partial charge in [-0.05, 0) is 19.0 Å². The minimum atomic E-state index is -3.13. The van der Waals surface area contributed by atoms with Crippen LogP contribution in [0.3, 0.4) is 0 Å². The van der Waals surface area contributed by atoms with Crippen molar-refractivity contribution in [3.8, 4) is 0 Å². The Kier molecular flexibility index (Phi) is 5.83. The van der Waals surface area contributed by atoms with Crippen molar-refractivity contribution in [3.05, 3.63) is 0 Å². The summed E-state index contributed by atoms with van der Waals surface area (Å²) >= 11 is 5.95. The Hall–Kier alpha value is -0.370. The number of nitrogens with one attached hydrogen (secondary N) is 1. The number of hydrogen-bond donors (Lipinski definition) is 2. The minimum absolute atomic E-state index is 0.0687. The second-order valence-corrected chi connectivity index (χ2v) is 9.02. The van der Waals surface area contributed by atoms with E-state index in [1.807, 2.05) is 25.8 Å². The SMILES string of the molecule is CN(CC(=O)NC1CS(=O)(=O)CC1Cl)CC(C)(C)CN. The van der Waals surface area contributed by atoms with Gasteiger partial charge in [0.25, 0.3) is 0 Å². The summed E-state index contributed by atoms with van der Waals surface area (Å²) < 4.78 is 22.8. The third-order valence-electron chi connectivity index (χ3n) is 3.29. The Bertz CT molecular complexity index is 453. The molecular formula is C12H24ClN3O3S. The third-order valence-corrected chi connectivity index (χ3v) is 5.67. The Morgan fingerprint density at radius 1 is 1.45 bits per heavy atom. The average molecular weight is 326 g/mol. The molecule has 0 spiro atoms. The maximum Gasteiger partial charge on any atom is 0.234 e. The molecular weight excluding hydrogens is 302 g/mol. The summed E-state index contributed by atoms with van der Waals surface area (Å²) in [5.41, 5.74) is 5.59. The highest BCUT2D eigenvalue weighted by Gasteiger charge is 2.37. The lowest BCUT2D eigenvalue weighted by molar-refractivity contribution is -0.122. The van der Waals surface area contributed by atoms with Crippen molar-refractivity contribution in [2.24, 2.45) is 11.1 Å². The summed E-state index contributed by atoms with van der Waals surface area (Å²) in [5.74, 6) is -0.367. The molecule has 1 aliphatic heterocycles. The van der Waals surface area contributed by atoms with Gasteiger partial charge >= 0.3 is 0 Å². The highest BCUT2D eigenvalue weighted by molar-refractivity contribution is 7.91. The first kappa shape index (κ1) is 17.7. The van der Waals surface area contributed by atoms with E-state index >= 15 is 0 Å². The summed E-state index contributed by atoms with van der Waals surface area (Å²) in [4.78, 5) is 13.8. The van der Waals surface area contributed by atoms with E-state index < -0.39 is 21.3 Å². The first-order valence-electron chi connectivity index (χ1n) is 6.57. The van der Waals surface area contributed by atoms with Crippen LogP contribution in [0.4, 0.5) is 0 Å². The largest absolute Gasteiger partial charge is 0.350 e. The summed E-state index contributed by atoms with van der Waals surface area (Å²) in [7, 11) is -1.29. The van der Waals surface area contributed by atoms with Crippen molar-refractivity contribution in [2.75, 3.05) is 38.2 Å². The zero-order chi connectivity index (χ0) is 15.6. The summed E-state index contributed by atoms with van der Waals surface area (Å²) in [6.07, 6.45) is 0. The van der Waals surface area contributed by atoms with E-state index in [1.54, 1.807) is 0 Å². The number of carbonyl (C=O) groups excluding carboxylic acids is 1. The molecule has 0 aromatic carbocycles. The van der Waals surface area contributed by atoms with E-state index in [-0.39, 0.29) is 29.4 Å². The highest BCUT2D eigenvalue weighted by Crippen LogP contribution is 2.18. The van der Waals surface area contributed by atoms with Crippen LogP contribution < -0.4 is 11.1 Å². The molecule has 1 rings (SSSR count). The quantitative estimate of drug-likeness (QED) is 0.638. The molecule has 3 N–H and O–H groups in total. The molecule has 0 aromatic heterocycles. The topological polar surface area (TPSA) is 92.5 Å². The number of carbonyl (C=O) groups is 1. The Labute approximate surface area is 125 Å². The molecule has 8 heteroatoms. The Balaban J connectivity index is 2.45. The summed E-state index contributed by atoms with van der Waals surface area (Å²) in [5, 5.41) is 2.15. The molecule has 0 aliphatic carbocycles. The molecule has 2 atom stereocenters. The highest BCUT2D eigenvalue weighted by atomic mass is 35.5. The first-order chi connectivity index (χ1) is 9.04. The number of halogens is 1. The molecule has 0 radical (unpaired) electrons. The van der Waals surface area contributed by atoms with E-state index in [0.29, 0.717) is 13.1 Å². The van der Waals surface area contributed by atoms with Crippen LogP contribution in [0.2, 0.25) is 0 Å². The molecule has 0 bridgehead atoms. The predicted octanol–water partition coefficient (Wildman–Crippen LogP) is -0.576. The van der Waals surface area contributed by atoms with Crippen molar-refractivity contribution < 1.29 is 13.2 Å². The van der Waals surface area contributed by atoms with E-state index in [9.17, 15) is 13.2 Å². The number of rotatable bonds is 6. The first-order valence-corrected chi connectivity index (χ1v) is 8.83. The van der Waals surface area contributed by atoms with Gasteiger partial charge in [0.05, 0.1) is 29.5 Å². The van der Waals surface area contributed by atoms with Gasteiger partial charge in [-0.1, -0.05) is 13.8 Å². The molecule has 0 aromatic rings. The van der Waals surface area contributed by atoms with Gasteiger partial charge in [0, 0.05) is 6.54 Å². The monoisotopic (exact) mass is 325 g/mol. The normalized spacial score (nSPS) is 25.9. The van der Waals surface area contributed by atoms with Crippen LogP contribution in [0.5, 0.6) is 0 Å². The lowest BCUT2D eigenvalue weighted by atomic mass is 9.93. The molecule has 1 saturated heterocycles. The minimum Gasteiger partial charge on any atom is -0.350 e. The summed E-state index contributed by atoms with van der Waals surface area (Å²) in [6.45, 7) is 5.47. The second kappa shape index (κ2) is 6.60. The maximum absolute atomic E-state index is 11.9. The Morgan fingerprint density at radius 2 is 2.05 bits per heavy atom. The second-order valence-electron chi connectivity index (χ2n) is 6.31. The van der Waals surface area contributed by atoms with Crippen LogP contribution in [-0.4, -0.2) is 68.8 Å². The zero-order valence-corrected chi connectivity index (χ0v) is 13.8. The van der Waals surface area contributed by atoms with E-state index in [4.69, 9.17) is 17.3 Å². The van der Waals surface area contributed by atoms with E-state index in [1.165, 1.54) is 0 Å². The van der Waals surface area contributed by atoms with Gasteiger partial charge in [-0.25, -0.2) is 8.42 Å². The zero-order valence-electron chi connectivity index (χ0n) is 12.2. The fourth-order valence-corrected chi connectivity index (χ4v) is 4.84. The third kappa shape index (κ3) is 5.55. The number of sulfone groups is 1. The van der Waals surface area contributed by atoms with Crippen LogP contribution in [0.1, 0.15) is 13.8 Å². The molecule has 1 aliphatic rings. The molecule has 1 heterocycles.